The normalized spacial score (nSPS) is 10.0. The van der Waals surface area contributed by atoms with E-state index < -0.39 is 0 Å². The smallest absolute Gasteiger partial charge is 0.142 e. The van der Waals surface area contributed by atoms with E-state index in [1.807, 2.05) is 42.5 Å². The van der Waals surface area contributed by atoms with Crippen LogP contribution < -0.4 is 19.5 Å². The number of hydrogen-bond donors (Lipinski definition) is 1. The minimum absolute atomic E-state index is 0.558. The third-order valence-corrected chi connectivity index (χ3v) is 3.40. The van der Waals surface area contributed by atoms with Gasteiger partial charge in [0.2, 0.25) is 0 Å². The number of ether oxygens (including phenoxy) is 3. The lowest BCUT2D eigenvalue weighted by molar-refractivity contribution is 0.331. The molecular formula is C16H18BrNO3. The van der Waals surface area contributed by atoms with Gasteiger partial charge in [-0.25, -0.2) is 0 Å². The minimum atomic E-state index is 0.558. The Kier molecular flexibility index (Phi) is 5.75. The molecule has 2 aromatic carbocycles. The zero-order valence-electron chi connectivity index (χ0n) is 12.1. The fourth-order valence-electron chi connectivity index (χ4n) is 1.84. The van der Waals surface area contributed by atoms with Gasteiger partial charge in [-0.05, 0) is 42.5 Å². The molecule has 0 fully saturated rings. The van der Waals surface area contributed by atoms with Crippen LogP contribution >= 0.6 is 15.9 Å². The van der Waals surface area contributed by atoms with E-state index in [2.05, 4.69) is 21.2 Å². The van der Waals surface area contributed by atoms with Gasteiger partial charge < -0.3 is 19.5 Å². The Bertz CT molecular complexity index is 572. The van der Waals surface area contributed by atoms with Gasteiger partial charge in [-0.3, -0.25) is 0 Å². The van der Waals surface area contributed by atoms with Gasteiger partial charge in [0.15, 0.2) is 0 Å². The Morgan fingerprint density at radius 3 is 2.33 bits per heavy atom. The summed E-state index contributed by atoms with van der Waals surface area (Å²) in [5.41, 5.74) is 0.935. The summed E-state index contributed by atoms with van der Waals surface area (Å²) in [7, 11) is 3.30. The summed E-state index contributed by atoms with van der Waals surface area (Å²) in [6.07, 6.45) is 0. The summed E-state index contributed by atoms with van der Waals surface area (Å²) in [6.45, 7) is 1.24. The molecule has 0 amide bonds. The lowest BCUT2D eigenvalue weighted by Crippen LogP contribution is -2.12. The summed E-state index contributed by atoms with van der Waals surface area (Å²) >= 11 is 3.45. The highest BCUT2D eigenvalue weighted by Gasteiger charge is 2.03. The quantitative estimate of drug-likeness (QED) is 0.766. The average Bonchev–Trinajstić information content (AvgIpc) is 2.52. The summed E-state index contributed by atoms with van der Waals surface area (Å²) in [5.74, 6) is 2.45. The van der Waals surface area contributed by atoms with Crippen LogP contribution in [0.1, 0.15) is 0 Å². The van der Waals surface area contributed by atoms with Crippen molar-refractivity contribution in [1.82, 2.24) is 0 Å². The number of rotatable bonds is 7. The van der Waals surface area contributed by atoms with Crippen LogP contribution in [0.15, 0.2) is 46.9 Å². The molecule has 0 saturated heterocycles. The van der Waals surface area contributed by atoms with Crippen LogP contribution in [0.5, 0.6) is 17.2 Å². The molecule has 21 heavy (non-hydrogen) atoms. The third-order valence-electron chi connectivity index (χ3n) is 2.91. The van der Waals surface area contributed by atoms with Crippen molar-refractivity contribution in [2.24, 2.45) is 0 Å². The van der Waals surface area contributed by atoms with E-state index in [0.29, 0.717) is 13.2 Å². The number of halogens is 1. The van der Waals surface area contributed by atoms with Gasteiger partial charge >= 0.3 is 0 Å². The standard InChI is InChI=1S/C16H18BrNO3/c1-19-13-4-6-14(7-5-13)21-10-9-18-15-11-12(17)3-8-16(15)20-2/h3-8,11,18H,9-10H2,1-2H3. The van der Waals surface area contributed by atoms with Crippen molar-refractivity contribution in [3.05, 3.63) is 46.9 Å². The van der Waals surface area contributed by atoms with Crippen molar-refractivity contribution < 1.29 is 14.2 Å². The second kappa shape index (κ2) is 7.78. The molecule has 0 bridgehead atoms. The Morgan fingerprint density at radius 1 is 0.952 bits per heavy atom. The highest BCUT2D eigenvalue weighted by atomic mass is 79.9. The summed E-state index contributed by atoms with van der Waals surface area (Å²) in [6, 6.07) is 13.4. The largest absolute Gasteiger partial charge is 0.497 e. The number of hydrogen-bond acceptors (Lipinski definition) is 4. The first-order valence-corrected chi connectivity index (χ1v) is 7.36. The lowest BCUT2D eigenvalue weighted by atomic mass is 10.3. The molecule has 0 spiro atoms. The van der Waals surface area contributed by atoms with Crippen LogP contribution in [-0.4, -0.2) is 27.4 Å². The van der Waals surface area contributed by atoms with Crippen molar-refractivity contribution in [3.8, 4) is 17.2 Å². The lowest BCUT2D eigenvalue weighted by Gasteiger charge is -2.12. The number of anilines is 1. The highest BCUT2D eigenvalue weighted by molar-refractivity contribution is 9.10. The van der Waals surface area contributed by atoms with E-state index in [4.69, 9.17) is 14.2 Å². The molecule has 0 aromatic heterocycles. The fraction of sp³-hybridized carbons (Fsp3) is 0.250. The van der Waals surface area contributed by atoms with Crippen molar-refractivity contribution >= 4 is 21.6 Å². The number of methoxy groups -OCH3 is 2. The van der Waals surface area contributed by atoms with E-state index in [1.54, 1.807) is 14.2 Å². The van der Waals surface area contributed by atoms with Gasteiger partial charge in [0.1, 0.15) is 23.9 Å². The monoisotopic (exact) mass is 351 g/mol. The molecule has 5 heteroatoms. The molecule has 1 N–H and O–H groups in total. The topological polar surface area (TPSA) is 39.7 Å². The van der Waals surface area contributed by atoms with Crippen LogP contribution in [0.4, 0.5) is 5.69 Å². The molecule has 0 aliphatic heterocycles. The molecule has 2 aromatic rings. The van der Waals surface area contributed by atoms with Crippen LogP contribution in [0, 0.1) is 0 Å². The summed E-state index contributed by atoms with van der Waals surface area (Å²) < 4.78 is 17.1. The van der Waals surface area contributed by atoms with Crippen molar-refractivity contribution in [2.75, 3.05) is 32.7 Å². The molecule has 0 aliphatic rings. The van der Waals surface area contributed by atoms with Gasteiger partial charge in [0, 0.05) is 11.0 Å². The van der Waals surface area contributed by atoms with Gasteiger partial charge in [0.25, 0.3) is 0 Å². The first-order valence-electron chi connectivity index (χ1n) is 6.57. The maximum absolute atomic E-state index is 5.66. The molecule has 4 nitrogen and oxygen atoms in total. The molecule has 0 atom stereocenters. The van der Waals surface area contributed by atoms with Gasteiger partial charge in [-0.1, -0.05) is 15.9 Å². The minimum Gasteiger partial charge on any atom is -0.497 e. The highest BCUT2D eigenvalue weighted by Crippen LogP contribution is 2.27. The Hall–Kier alpha value is -1.88. The first kappa shape index (κ1) is 15.5. The molecule has 2 rings (SSSR count). The maximum Gasteiger partial charge on any atom is 0.142 e. The molecular weight excluding hydrogens is 334 g/mol. The van der Waals surface area contributed by atoms with E-state index >= 15 is 0 Å². The van der Waals surface area contributed by atoms with Crippen molar-refractivity contribution in [2.45, 2.75) is 0 Å². The summed E-state index contributed by atoms with van der Waals surface area (Å²) in [5, 5.41) is 3.29. The molecule has 0 unspecified atom stereocenters. The SMILES string of the molecule is COc1ccc(OCCNc2cc(Br)ccc2OC)cc1. The van der Waals surface area contributed by atoms with Crippen LogP contribution in [-0.2, 0) is 0 Å². The number of nitrogens with one attached hydrogen (secondary N) is 1. The Morgan fingerprint density at radius 2 is 1.67 bits per heavy atom. The van der Waals surface area contributed by atoms with E-state index in [9.17, 15) is 0 Å². The van der Waals surface area contributed by atoms with Crippen LogP contribution in [0.2, 0.25) is 0 Å². The maximum atomic E-state index is 5.66. The van der Waals surface area contributed by atoms with E-state index in [1.165, 1.54) is 0 Å². The number of benzene rings is 2. The molecule has 0 radical (unpaired) electrons. The summed E-state index contributed by atoms with van der Waals surface area (Å²) in [4.78, 5) is 0. The average molecular weight is 352 g/mol. The van der Waals surface area contributed by atoms with Crippen molar-refractivity contribution in [3.63, 3.8) is 0 Å². The fourth-order valence-corrected chi connectivity index (χ4v) is 2.21. The second-order valence-corrected chi connectivity index (χ2v) is 5.21. The van der Waals surface area contributed by atoms with Crippen LogP contribution in [0.25, 0.3) is 0 Å². The van der Waals surface area contributed by atoms with E-state index in [0.717, 1.165) is 27.4 Å². The van der Waals surface area contributed by atoms with Crippen LogP contribution in [0.3, 0.4) is 0 Å². The predicted molar refractivity (Wildman–Crippen MR) is 87.7 cm³/mol. The van der Waals surface area contributed by atoms with Crippen molar-refractivity contribution in [1.29, 1.82) is 0 Å². The first-order chi connectivity index (χ1) is 10.2. The Labute approximate surface area is 133 Å². The van der Waals surface area contributed by atoms with Gasteiger partial charge in [-0.2, -0.15) is 0 Å². The third kappa shape index (κ3) is 4.56. The van der Waals surface area contributed by atoms with E-state index in [-0.39, 0.29) is 0 Å². The predicted octanol–water partition coefficient (Wildman–Crippen LogP) is 3.96. The molecule has 0 aliphatic carbocycles. The van der Waals surface area contributed by atoms with Gasteiger partial charge in [-0.15, -0.1) is 0 Å². The zero-order valence-corrected chi connectivity index (χ0v) is 13.6. The molecule has 0 saturated carbocycles. The zero-order chi connectivity index (χ0) is 15.1. The molecule has 0 heterocycles. The second-order valence-electron chi connectivity index (χ2n) is 4.30. The Balaban J connectivity index is 1.82. The van der Waals surface area contributed by atoms with Gasteiger partial charge in [0.05, 0.1) is 19.9 Å². The molecule has 112 valence electrons.